The van der Waals surface area contributed by atoms with Gasteiger partial charge in [0.15, 0.2) is 0 Å². The van der Waals surface area contributed by atoms with E-state index in [0.717, 1.165) is 39.0 Å². The van der Waals surface area contributed by atoms with Gasteiger partial charge in [-0.05, 0) is 37.8 Å². The summed E-state index contributed by atoms with van der Waals surface area (Å²) < 4.78 is 0. The Labute approximate surface area is 99.6 Å². The first-order valence-electron chi connectivity index (χ1n) is 6.62. The number of hydrogen-bond acceptors (Lipinski definition) is 2. The molecule has 1 saturated heterocycles. The quantitative estimate of drug-likeness (QED) is 0.776. The van der Waals surface area contributed by atoms with Crippen molar-refractivity contribution in [2.24, 2.45) is 11.8 Å². The number of nitrogens with one attached hydrogen (secondary N) is 1. The molecule has 0 spiro atoms. The molecule has 1 aliphatic rings. The fraction of sp³-hybridized carbons (Fsp3) is 0.923. The van der Waals surface area contributed by atoms with Crippen LogP contribution in [0.4, 0.5) is 0 Å². The molecule has 0 bridgehead atoms. The van der Waals surface area contributed by atoms with Gasteiger partial charge in [0.25, 0.3) is 0 Å². The molecule has 3 heteroatoms. The average Bonchev–Trinajstić information content (AvgIpc) is 2.41. The lowest BCUT2D eigenvalue weighted by molar-refractivity contribution is -0.131. The van der Waals surface area contributed by atoms with Crippen molar-refractivity contribution >= 4 is 5.91 Å². The molecule has 94 valence electrons. The minimum atomic E-state index is 0.354. The molecule has 2 unspecified atom stereocenters. The van der Waals surface area contributed by atoms with Crippen molar-refractivity contribution in [2.75, 3.05) is 26.2 Å². The maximum absolute atomic E-state index is 11.9. The van der Waals surface area contributed by atoms with E-state index in [4.69, 9.17) is 0 Å². The van der Waals surface area contributed by atoms with Crippen LogP contribution in [0.3, 0.4) is 0 Å². The van der Waals surface area contributed by atoms with E-state index in [9.17, 15) is 4.79 Å². The molecule has 1 rings (SSSR count). The summed E-state index contributed by atoms with van der Waals surface area (Å²) in [5.74, 6) is 1.61. The van der Waals surface area contributed by atoms with Crippen LogP contribution in [0.2, 0.25) is 0 Å². The minimum absolute atomic E-state index is 0.354. The first-order valence-corrected chi connectivity index (χ1v) is 6.62. The van der Waals surface area contributed by atoms with Crippen LogP contribution in [0.25, 0.3) is 0 Å². The topological polar surface area (TPSA) is 32.3 Å². The van der Waals surface area contributed by atoms with E-state index < -0.39 is 0 Å². The van der Waals surface area contributed by atoms with E-state index in [2.05, 4.69) is 31.0 Å². The van der Waals surface area contributed by atoms with Gasteiger partial charge in [-0.15, -0.1) is 0 Å². The zero-order valence-corrected chi connectivity index (χ0v) is 11.0. The van der Waals surface area contributed by atoms with Gasteiger partial charge in [0, 0.05) is 19.5 Å². The summed E-state index contributed by atoms with van der Waals surface area (Å²) in [6, 6.07) is 0. The summed E-state index contributed by atoms with van der Waals surface area (Å²) in [5.41, 5.74) is 0. The number of amides is 1. The van der Waals surface area contributed by atoms with E-state index in [1.54, 1.807) is 0 Å². The number of nitrogens with zero attached hydrogens (tertiary/aromatic N) is 1. The van der Waals surface area contributed by atoms with Crippen LogP contribution in [-0.4, -0.2) is 37.0 Å². The lowest BCUT2D eigenvalue weighted by Gasteiger charge is -2.24. The van der Waals surface area contributed by atoms with Crippen LogP contribution in [0.5, 0.6) is 0 Å². The van der Waals surface area contributed by atoms with Gasteiger partial charge in [0.05, 0.1) is 0 Å². The zero-order valence-electron chi connectivity index (χ0n) is 11.0. The Hall–Kier alpha value is -0.570. The van der Waals surface area contributed by atoms with Crippen molar-refractivity contribution in [2.45, 2.75) is 40.0 Å². The largest absolute Gasteiger partial charge is 0.342 e. The Balaban J connectivity index is 2.36. The van der Waals surface area contributed by atoms with Gasteiger partial charge in [0.1, 0.15) is 0 Å². The van der Waals surface area contributed by atoms with Crippen LogP contribution in [0, 0.1) is 11.8 Å². The van der Waals surface area contributed by atoms with Gasteiger partial charge >= 0.3 is 0 Å². The molecule has 2 atom stereocenters. The number of likely N-dealkylation sites (tertiary alicyclic amines) is 1. The maximum Gasteiger partial charge on any atom is 0.222 e. The second kappa shape index (κ2) is 6.89. The smallest absolute Gasteiger partial charge is 0.222 e. The Kier molecular flexibility index (Phi) is 5.81. The highest BCUT2D eigenvalue weighted by Gasteiger charge is 2.21. The molecule has 1 fully saturated rings. The van der Waals surface area contributed by atoms with Crippen molar-refractivity contribution in [3.8, 4) is 0 Å². The van der Waals surface area contributed by atoms with Gasteiger partial charge < -0.3 is 10.2 Å². The van der Waals surface area contributed by atoms with Crippen molar-refractivity contribution < 1.29 is 4.79 Å². The van der Waals surface area contributed by atoms with Crippen molar-refractivity contribution in [1.29, 1.82) is 0 Å². The van der Waals surface area contributed by atoms with Crippen LogP contribution in [0.15, 0.2) is 0 Å². The summed E-state index contributed by atoms with van der Waals surface area (Å²) in [6.45, 7) is 10.5. The predicted octanol–water partition coefficient (Wildman–Crippen LogP) is 1.88. The summed E-state index contributed by atoms with van der Waals surface area (Å²) in [5, 5.41) is 3.34. The highest BCUT2D eigenvalue weighted by molar-refractivity contribution is 5.76. The average molecular weight is 226 g/mol. The molecule has 0 radical (unpaired) electrons. The Morgan fingerprint density at radius 2 is 2.25 bits per heavy atom. The lowest BCUT2D eigenvalue weighted by atomic mass is 10.0. The summed E-state index contributed by atoms with van der Waals surface area (Å²) in [6.07, 6.45) is 2.98. The zero-order chi connectivity index (χ0) is 12.0. The Morgan fingerprint density at radius 1 is 1.50 bits per heavy atom. The third-order valence-corrected chi connectivity index (χ3v) is 3.37. The highest BCUT2D eigenvalue weighted by atomic mass is 16.2. The molecule has 16 heavy (non-hydrogen) atoms. The molecule has 3 nitrogen and oxygen atoms in total. The summed E-state index contributed by atoms with van der Waals surface area (Å²) in [7, 11) is 0. The molecular formula is C13H26N2O. The third kappa shape index (κ3) is 4.52. The molecule has 0 aromatic rings. The van der Waals surface area contributed by atoms with Crippen molar-refractivity contribution in [3.05, 3.63) is 0 Å². The molecular weight excluding hydrogens is 200 g/mol. The number of rotatable bonds is 5. The maximum atomic E-state index is 11.9. The fourth-order valence-corrected chi connectivity index (χ4v) is 2.20. The SMILES string of the molecule is CCNCC(C)CN1CCC(C)CCC1=O. The van der Waals surface area contributed by atoms with E-state index in [0.29, 0.717) is 17.7 Å². The molecule has 0 saturated carbocycles. The van der Waals surface area contributed by atoms with Gasteiger partial charge in [-0.3, -0.25) is 4.79 Å². The third-order valence-electron chi connectivity index (χ3n) is 3.37. The standard InChI is InChI=1S/C13H26N2O/c1-4-14-9-12(3)10-15-8-7-11(2)5-6-13(15)16/h11-12,14H,4-10H2,1-3H3. The first kappa shape index (κ1) is 13.5. The van der Waals surface area contributed by atoms with Gasteiger partial charge in [-0.2, -0.15) is 0 Å². The second-order valence-electron chi connectivity index (χ2n) is 5.19. The Bertz CT molecular complexity index is 218. The van der Waals surface area contributed by atoms with E-state index in [1.165, 1.54) is 6.42 Å². The normalized spacial score (nSPS) is 24.3. The minimum Gasteiger partial charge on any atom is -0.342 e. The van der Waals surface area contributed by atoms with E-state index >= 15 is 0 Å². The monoisotopic (exact) mass is 226 g/mol. The van der Waals surface area contributed by atoms with Crippen LogP contribution < -0.4 is 5.32 Å². The molecule has 1 amide bonds. The summed E-state index contributed by atoms with van der Waals surface area (Å²) in [4.78, 5) is 13.9. The van der Waals surface area contributed by atoms with Crippen LogP contribution in [-0.2, 0) is 4.79 Å². The fourth-order valence-electron chi connectivity index (χ4n) is 2.20. The van der Waals surface area contributed by atoms with Crippen molar-refractivity contribution in [3.63, 3.8) is 0 Å². The number of carbonyl (C=O) groups is 1. The molecule has 0 aromatic carbocycles. The molecule has 0 aliphatic carbocycles. The van der Waals surface area contributed by atoms with E-state index in [-0.39, 0.29) is 0 Å². The molecule has 0 aromatic heterocycles. The first-order chi connectivity index (χ1) is 7.63. The van der Waals surface area contributed by atoms with Gasteiger partial charge in [-0.25, -0.2) is 0 Å². The van der Waals surface area contributed by atoms with Crippen molar-refractivity contribution in [1.82, 2.24) is 10.2 Å². The van der Waals surface area contributed by atoms with Crippen LogP contribution >= 0.6 is 0 Å². The number of carbonyl (C=O) groups excluding carboxylic acids is 1. The summed E-state index contributed by atoms with van der Waals surface area (Å²) >= 11 is 0. The van der Waals surface area contributed by atoms with E-state index in [1.807, 2.05) is 0 Å². The second-order valence-corrected chi connectivity index (χ2v) is 5.19. The van der Waals surface area contributed by atoms with Gasteiger partial charge in [0.2, 0.25) is 5.91 Å². The van der Waals surface area contributed by atoms with Crippen LogP contribution in [0.1, 0.15) is 40.0 Å². The number of hydrogen-bond donors (Lipinski definition) is 1. The molecule has 1 N–H and O–H groups in total. The molecule has 1 heterocycles. The Morgan fingerprint density at radius 3 is 2.94 bits per heavy atom. The highest BCUT2D eigenvalue weighted by Crippen LogP contribution is 2.18. The predicted molar refractivity (Wildman–Crippen MR) is 67.3 cm³/mol. The molecule has 1 aliphatic heterocycles. The van der Waals surface area contributed by atoms with Gasteiger partial charge in [-0.1, -0.05) is 20.8 Å². The lowest BCUT2D eigenvalue weighted by Crippen LogP contribution is -2.37.